The van der Waals surface area contributed by atoms with Crippen LogP contribution >= 0.6 is 0 Å². The number of nitrogens with zero attached hydrogens (tertiary/aromatic N) is 2. The predicted octanol–water partition coefficient (Wildman–Crippen LogP) is 3.96. The van der Waals surface area contributed by atoms with Crippen molar-refractivity contribution < 1.29 is 0 Å². The summed E-state index contributed by atoms with van der Waals surface area (Å²) in [4.78, 5) is 0. The molecule has 0 saturated heterocycles. The van der Waals surface area contributed by atoms with E-state index in [1.807, 2.05) is 0 Å². The molecule has 2 aromatic rings. The fourth-order valence-electron chi connectivity index (χ4n) is 3.03. The highest BCUT2D eigenvalue weighted by Gasteiger charge is 2.29. The van der Waals surface area contributed by atoms with Gasteiger partial charge in [-0.15, -0.1) is 0 Å². The fraction of sp³-hybridized carbons (Fsp3) is 0.316. The molecule has 0 saturated carbocycles. The van der Waals surface area contributed by atoms with Gasteiger partial charge in [0.25, 0.3) is 0 Å². The highest BCUT2D eigenvalue weighted by molar-refractivity contribution is 5.89. The maximum absolute atomic E-state index is 5.73. The van der Waals surface area contributed by atoms with Gasteiger partial charge < -0.3 is 5.73 Å². The second-order valence-corrected chi connectivity index (χ2v) is 5.90. The molecule has 3 heteroatoms. The molecule has 1 heterocycles. The Morgan fingerprint density at radius 1 is 1.09 bits per heavy atom. The molecule has 1 aliphatic rings. The summed E-state index contributed by atoms with van der Waals surface area (Å²) in [5, 5.41) is 7.06. The lowest BCUT2D eigenvalue weighted by atomic mass is 9.99. The number of hydrogen-bond donors (Lipinski definition) is 1. The molecule has 0 aliphatic carbocycles. The normalized spacial score (nSPS) is 17.7. The topological polar surface area (TPSA) is 41.6 Å². The highest BCUT2D eigenvalue weighted by atomic mass is 15.5. The van der Waals surface area contributed by atoms with Crippen molar-refractivity contribution >= 4 is 11.4 Å². The molecule has 0 fully saturated rings. The molecule has 1 atom stereocenters. The Kier molecular flexibility index (Phi) is 4.25. The SMILES string of the molecule is Cc1cccc(N2N=C(CCN)CC2c2ccccc2)c1C. The van der Waals surface area contributed by atoms with Crippen LogP contribution in [0.4, 0.5) is 5.69 Å². The second-order valence-electron chi connectivity index (χ2n) is 5.90. The summed E-state index contributed by atoms with van der Waals surface area (Å²) in [5.41, 5.74) is 12.0. The van der Waals surface area contributed by atoms with Gasteiger partial charge in [0.2, 0.25) is 0 Å². The third kappa shape index (κ3) is 2.77. The average Bonchev–Trinajstić information content (AvgIpc) is 2.95. The standard InChI is InChI=1S/C19H23N3/c1-14-7-6-10-18(15(14)2)22-19(13-17(21-22)11-12-20)16-8-4-3-5-9-16/h3-10,19H,11-13,20H2,1-2H3. The van der Waals surface area contributed by atoms with Crippen LogP contribution in [0, 0.1) is 13.8 Å². The van der Waals surface area contributed by atoms with Crippen LogP contribution < -0.4 is 10.7 Å². The van der Waals surface area contributed by atoms with Crippen molar-refractivity contribution in [1.82, 2.24) is 0 Å². The first-order valence-corrected chi connectivity index (χ1v) is 7.87. The molecule has 3 rings (SSSR count). The molecule has 2 N–H and O–H groups in total. The van der Waals surface area contributed by atoms with Crippen molar-refractivity contribution in [2.75, 3.05) is 11.6 Å². The van der Waals surface area contributed by atoms with E-state index in [1.165, 1.54) is 28.1 Å². The van der Waals surface area contributed by atoms with Crippen molar-refractivity contribution in [2.45, 2.75) is 32.7 Å². The molecule has 0 radical (unpaired) electrons. The number of anilines is 1. The van der Waals surface area contributed by atoms with Crippen molar-refractivity contribution in [3.8, 4) is 0 Å². The summed E-state index contributed by atoms with van der Waals surface area (Å²) >= 11 is 0. The van der Waals surface area contributed by atoms with Crippen LogP contribution in [0.2, 0.25) is 0 Å². The molecule has 3 nitrogen and oxygen atoms in total. The van der Waals surface area contributed by atoms with E-state index in [0.29, 0.717) is 6.54 Å². The van der Waals surface area contributed by atoms with Gasteiger partial charge in [-0.05, 0) is 49.6 Å². The van der Waals surface area contributed by atoms with Gasteiger partial charge in [0.15, 0.2) is 0 Å². The fourth-order valence-corrected chi connectivity index (χ4v) is 3.03. The zero-order valence-electron chi connectivity index (χ0n) is 13.3. The average molecular weight is 293 g/mol. The van der Waals surface area contributed by atoms with E-state index in [4.69, 9.17) is 10.8 Å². The first kappa shape index (κ1) is 14.8. The monoisotopic (exact) mass is 293 g/mol. The lowest BCUT2D eigenvalue weighted by molar-refractivity contribution is 0.705. The van der Waals surface area contributed by atoms with Gasteiger partial charge in [-0.3, -0.25) is 5.01 Å². The molecule has 0 aromatic heterocycles. The molecule has 0 amide bonds. The van der Waals surface area contributed by atoms with Crippen LogP contribution in [0.5, 0.6) is 0 Å². The van der Waals surface area contributed by atoms with Gasteiger partial charge in [-0.2, -0.15) is 5.10 Å². The van der Waals surface area contributed by atoms with Gasteiger partial charge in [-0.25, -0.2) is 0 Å². The predicted molar refractivity (Wildman–Crippen MR) is 93.3 cm³/mol. The zero-order valence-corrected chi connectivity index (χ0v) is 13.3. The van der Waals surface area contributed by atoms with Gasteiger partial charge in [-0.1, -0.05) is 42.5 Å². The summed E-state index contributed by atoms with van der Waals surface area (Å²) in [5.74, 6) is 0. The molecular formula is C19H23N3. The van der Waals surface area contributed by atoms with E-state index in [-0.39, 0.29) is 6.04 Å². The minimum atomic E-state index is 0.267. The van der Waals surface area contributed by atoms with Gasteiger partial charge in [0.1, 0.15) is 0 Å². The van der Waals surface area contributed by atoms with Gasteiger partial charge in [0.05, 0.1) is 11.7 Å². The number of nitrogens with two attached hydrogens (primary N) is 1. The van der Waals surface area contributed by atoms with E-state index >= 15 is 0 Å². The summed E-state index contributed by atoms with van der Waals surface area (Å²) in [7, 11) is 0. The van der Waals surface area contributed by atoms with Crippen LogP contribution in [0.1, 0.15) is 35.6 Å². The van der Waals surface area contributed by atoms with Crippen LogP contribution in [0.3, 0.4) is 0 Å². The molecule has 114 valence electrons. The third-order valence-electron chi connectivity index (χ3n) is 4.41. The Morgan fingerprint density at radius 2 is 1.86 bits per heavy atom. The summed E-state index contributed by atoms with van der Waals surface area (Å²) in [6, 6.07) is 17.3. The van der Waals surface area contributed by atoms with Crippen LogP contribution in [-0.4, -0.2) is 12.3 Å². The van der Waals surface area contributed by atoms with E-state index in [2.05, 4.69) is 67.4 Å². The number of hydrogen-bond acceptors (Lipinski definition) is 3. The van der Waals surface area contributed by atoms with Crippen molar-refractivity contribution in [3.05, 3.63) is 65.2 Å². The number of aryl methyl sites for hydroxylation is 1. The largest absolute Gasteiger partial charge is 0.330 e. The van der Waals surface area contributed by atoms with Crippen molar-refractivity contribution in [3.63, 3.8) is 0 Å². The van der Waals surface area contributed by atoms with E-state index in [1.54, 1.807) is 0 Å². The molecular weight excluding hydrogens is 270 g/mol. The maximum Gasteiger partial charge on any atom is 0.0828 e. The van der Waals surface area contributed by atoms with Crippen LogP contribution in [0.15, 0.2) is 53.6 Å². The Morgan fingerprint density at radius 3 is 2.59 bits per heavy atom. The molecule has 1 aliphatic heterocycles. The first-order chi connectivity index (χ1) is 10.7. The smallest absolute Gasteiger partial charge is 0.0828 e. The van der Waals surface area contributed by atoms with Gasteiger partial charge in [0, 0.05) is 12.1 Å². The summed E-state index contributed by atoms with van der Waals surface area (Å²) in [6.45, 7) is 4.97. The Bertz CT molecular complexity index is 676. The molecule has 0 bridgehead atoms. The lowest BCUT2D eigenvalue weighted by Gasteiger charge is -2.26. The first-order valence-electron chi connectivity index (χ1n) is 7.87. The minimum Gasteiger partial charge on any atom is -0.330 e. The van der Waals surface area contributed by atoms with E-state index in [0.717, 1.165) is 12.8 Å². The maximum atomic E-state index is 5.73. The molecule has 22 heavy (non-hydrogen) atoms. The van der Waals surface area contributed by atoms with Crippen molar-refractivity contribution in [2.24, 2.45) is 10.8 Å². The van der Waals surface area contributed by atoms with Crippen LogP contribution in [-0.2, 0) is 0 Å². The lowest BCUT2D eigenvalue weighted by Crippen LogP contribution is -2.19. The number of benzene rings is 2. The molecule has 0 spiro atoms. The van der Waals surface area contributed by atoms with Crippen LogP contribution in [0.25, 0.3) is 0 Å². The Labute approximate surface area is 132 Å². The highest BCUT2D eigenvalue weighted by Crippen LogP contribution is 2.37. The van der Waals surface area contributed by atoms with Gasteiger partial charge >= 0.3 is 0 Å². The molecule has 2 aromatic carbocycles. The minimum absolute atomic E-state index is 0.267. The Hall–Kier alpha value is -2.13. The number of rotatable bonds is 4. The summed E-state index contributed by atoms with van der Waals surface area (Å²) < 4.78 is 0. The van der Waals surface area contributed by atoms with E-state index < -0.39 is 0 Å². The Balaban J connectivity index is 2.02. The quantitative estimate of drug-likeness (QED) is 0.927. The van der Waals surface area contributed by atoms with E-state index in [9.17, 15) is 0 Å². The summed E-state index contributed by atoms with van der Waals surface area (Å²) in [6.07, 6.45) is 1.82. The second kappa shape index (κ2) is 6.32. The van der Waals surface area contributed by atoms with Crippen molar-refractivity contribution in [1.29, 1.82) is 0 Å². The third-order valence-corrected chi connectivity index (χ3v) is 4.41. The zero-order chi connectivity index (χ0) is 15.5. The number of hydrazone groups is 1. The molecule has 1 unspecified atom stereocenters.